The van der Waals surface area contributed by atoms with E-state index in [4.69, 9.17) is 4.74 Å². The lowest BCUT2D eigenvalue weighted by Crippen LogP contribution is -2.28. The van der Waals surface area contributed by atoms with Gasteiger partial charge in [0.2, 0.25) is 0 Å². The van der Waals surface area contributed by atoms with Gasteiger partial charge in [0, 0.05) is 18.2 Å². The molecular formula is C12H14FNO3. The number of halogens is 1. The second-order valence-corrected chi connectivity index (χ2v) is 4.02. The fraction of sp³-hybridized carbons (Fsp3) is 0.417. The van der Waals surface area contributed by atoms with Crippen LogP contribution in [0.15, 0.2) is 12.1 Å². The number of hydrogen-bond donors (Lipinski definition) is 1. The van der Waals surface area contributed by atoms with Gasteiger partial charge >= 0.3 is 5.97 Å². The highest BCUT2D eigenvalue weighted by atomic mass is 19.1. The zero-order valence-electron chi connectivity index (χ0n) is 9.75. The summed E-state index contributed by atoms with van der Waals surface area (Å²) in [6.45, 7) is 2.78. The predicted octanol–water partition coefficient (Wildman–Crippen LogP) is 1.48. The predicted molar refractivity (Wildman–Crippen MR) is 59.5 cm³/mol. The molecule has 1 aliphatic rings. The lowest BCUT2D eigenvalue weighted by molar-refractivity contribution is 0.0599. The molecule has 1 heterocycles. The van der Waals surface area contributed by atoms with Crippen molar-refractivity contribution in [2.75, 3.05) is 13.7 Å². The van der Waals surface area contributed by atoms with Crippen LogP contribution in [0.5, 0.6) is 5.75 Å². The summed E-state index contributed by atoms with van der Waals surface area (Å²) in [4.78, 5) is 11.3. The Morgan fingerprint density at radius 2 is 2.35 bits per heavy atom. The van der Waals surface area contributed by atoms with E-state index in [0.717, 1.165) is 0 Å². The Hall–Kier alpha value is -1.62. The second-order valence-electron chi connectivity index (χ2n) is 4.02. The quantitative estimate of drug-likeness (QED) is 0.754. The van der Waals surface area contributed by atoms with Gasteiger partial charge in [-0.2, -0.15) is 0 Å². The van der Waals surface area contributed by atoms with E-state index in [-0.39, 0.29) is 11.6 Å². The number of ether oxygens (including phenoxy) is 2. The zero-order chi connectivity index (χ0) is 12.4. The summed E-state index contributed by atoms with van der Waals surface area (Å²) in [7, 11) is 1.26. The SMILES string of the molecule is COC(=O)c1cc(F)c2c(c1)OC[C@H](C)NC2. The first-order valence-corrected chi connectivity index (χ1v) is 5.38. The minimum atomic E-state index is -0.569. The average Bonchev–Trinajstić information content (AvgIpc) is 2.51. The summed E-state index contributed by atoms with van der Waals surface area (Å²) in [6, 6.07) is 2.83. The van der Waals surface area contributed by atoms with Crippen molar-refractivity contribution in [2.24, 2.45) is 0 Å². The van der Waals surface area contributed by atoms with Crippen LogP contribution in [0.1, 0.15) is 22.8 Å². The standard InChI is InChI=1S/C12H14FNO3/c1-7-6-17-11-4-8(12(15)16-2)3-10(13)9(11)5-14-7/h3-4,7,14H,5-6H2,1-2H3/t7-/m0/s1. The first-order chi connectivity index (χ1) is 8.11. The minimum absolute atomic E-state index is 0.142. The molecule has 0 aliphatic carbocycles. The van der Waals surface area contributed by atoms with Crippen LogP contribution in [0.2, 0.25) is 0 Å². The molecule has 0 saturated heterocycles. The number of fused-ring (bicyclic) bond motifs is 1. The van der Waals surface area contributed by atoms with E-state index in [1.54, 1.807) is 0 Å². The van der Waals surface area contributed by atoms with Gasteiger partial charge in [0.15, 0.2) is 0 Å². The normalized spacial score (nSPS) is 18.9. The molecule has 0 fully saturated rings. The van der Waals surface area contributed by atoms with Crippen LogP contribution >= 0.6 is 0 Å². The molecule has 0 unspecified atom stereocenters. The van der Waals surface area contributed by atoms with E-state index in [1.165, 1.54) is 19.2 Å². The molecule has 0 saturated carbocycles. The van der Waals surface area contributed by atoms with Gasteiger partial charge in [-0.05, 0) is 19.1 Å². The number of nitrogens with one attached hydrogen (secondary N) is 1. The van der Waals surface area contributed by atoms with Crippen molar-refractivity contribution in [2.45, 2.75) is 19.5 Å². The van der Waals surface area contributed by atoms with Crippen molar-refractivity contribution in [1.82, 2.24) is 5.32 Å². The fourth-order valence-electron chi connectivity index (χ4n) is 1.70. The van der Waals surface area contributed by atoms with Gasteiger partial charge in [-0.3, -0.25) is 0 Å². The molecule has 0 aromatic heterocycles. The highest BCUT2D eigenvalue weighted by molar-refractivity contribution is 5.90. The van der Waals surface area contributed by atoms with Crippen LogP contribution in [-0.4, -0.2) is 25.7 Å². The smallest absolute Gasteiger partial charge is 0.338 e. The van der Waals surface area contributed by atoms with E-state index < -0.39 is 11.8 Å². The van der Waals surface area contributed by atoms with Crippen LogP contribution in [0.4, 0.5) is 4.39 Å². The fourth-order valence-corrected chi connectivity index (χ4v) is 1.70. The van der Waals surface area contributed by atoms with Crippen LogP contribution in [0.25, 0.3) is 0 Å². The van der Waals surface area contributed by atoms with Gasteiger partial charge in [0.05, 0.1) is 12.7 Å². The summed E-state index contributed by atoms with van der Waals surface area (Å²) in [5.74, 6) is -0.618. The highest BCUT2D eigenvalue weighted by Gasteiger charge is 2.20. The summed E-state index contributed by atoms with van der Waals surface area (Å²) in [6.07, 6.45) is 0. The van der Waals surface area contributed by atoms with Crippen LogP contribution < -0.4 is 10.1 Å². The lowest BCUT2D eigenvalue weighted by atomic mass is 10.1. The third kappa shape index (κ3) is 2.39. The number of methoxy groups -OCH3 is 1. The van der Waals surface area contributed by atoms with Gasteiger partial charge in [-0.15, -0.1) is 0 Å². The molecule has 0 amide bonds. The van der Waals surface area contributed by atoms with Crippen LogP contribution in [0.3, 0.4) is 0 Å². The molecule has 1 atom stereocenters. The Morgan fingerprint density at radius 1 is 1.59 bits per heavy atom. The molecule has 1 aromatic rings. The zero-order valence-corrected chi connectivity index (χ0v) is 9.75. The molecule has 17 heavy (non-hydrogen) atoms. The molecule has 1 aliphatic heterocycles. The number of carbonyl (C=O) groups excluding carboxylic acids is 1. The van der Waals surface area contributed by atoms with Gasteiger partial charge < -0.3 is 14.8 Å². The van der Waals surface area contributed by atoms with Crippen molar-refractivity contribution in [3.05, 3.63) is 29.1 Å². The Labute approximate surface area is 98.7 Å². The molecule has 0 bridgehead atoms. The van der Waals surface area contributed by atoms with Crippen LogP contribution in [0, 0.1) is 5.82 Å². The van der Waals surface area contributed by atoms with Gasteiger partial charge in [0.1, 0.15) is 18.2 Å². The number of esters is 1. The van der Waals surface area contributed by atoms with Gasteiger partial charge in [-0.25, -0.2) is 9.18 Å². The number of benzene rings is 1. The molecule has 0 spiro atoms. The van der Waals surface area contributed by atoms with Crippen molar-refractivity contribution in [1.29, 1.82) is 0 Å². The topological polar surface area (TPSA) is 47.6 Å². The Morgan fingerprint density at radius 3 is 3.06 bits per heavy atom. The molecule has 4 nitrogen and oxygen atoms in total. The van der Waals surface area contributed by atoms with E-state index in [2.05, 4.69) is 10.1 Å². The van der Waals surface area contributed by atoms with Gasteiger partial charge in [0.25, 0.3) is 0 Å². The second kappa shape index (κ2) is 4.71. The number of carbonyl (C=O) groups is 1. The summed E-state index contributed by atoms with van der Waals surface area (Å²) in [5.41, 5.74) is 0.611. The Balaban J connectivity index is 2.40. The molecule has 0 radical (unpaired) electrons. The summed E-state index contributed by atoms with van der Waals surface area (Å²) in [5, 5.41) is 3.12. The average molecular weight is 239 g/mol. The third-order valence-electron chi connectivity index (χ3n) is 2.69. The largest absolute Gasteiger partial charge is 0.492 e. The maximum Gasteiger partial charge on any atom is 0.338 e. The third-order valence-corrected chi connectivity index (χ3v) is 2.69. The first kappa shape index (κ1) is 11.9. The first-order valence-electron chi connectivity index (χ1n) is 5.38. The molecule has 2 rings (SSSR count). The van der Waals surface area contributed by atoms with Crippen molar-refractivity contribution < 1.29 is 18.7 Å². The summed E-state index contributed by atoms with van der Waals surface area (Å²) >= 11 is 0. The number of rotatable bonds is 1. The Bertz CT molecular complexity index is 448. The maximum absolute atomic E-state index is 13.8. The molecule has 5 heteroatoms. The van der Waals surface area contributed by atoms with E-state index in [1.807, 2.05) is 6.92 Å². The van der Waals surface area contributed by atoms with Gasteiger partial charge in [-0.1, -0.05) is 0 Å². The molecular weight excluding hydrogens is 225 g/mol. The lowest BCUT2D eigenvalue weighted by Gasteiger charge is -2.09. The maximum atomic E-state index is 13.8. The van der Waals surface area contributed by atoms with Crippen molar-refractivity contribution in [3.63, 3.8) is 0 Å². The van der Waals surface area contributed by atoms with E-state index >= 15 is 0 Å². The Kier molecular flexibility index (Phi) is 3.28. The number of hydrogen-bond acceptors (Lipinski definition) is 4. The monoisotopic (exact) mass is 239 g/mol. The van der Waals surface area contributed by atoms with Crippen LogP contribution in [-0.2, 0) is 11.3 Å². The molecule has 92 valence electrons. The molecule has 1 aromatic carbocycles. The van der Waals surface area contributed by atoms with E-state index in [9.17, 15) is 9.18 Å². The van der Waals surface area contributed by atoms with Crippen molar-refractivity contribution in [3.8, 4) is 5.75 Å². The van der Waals surface area contributed by atoms with Crippen molar-refractivity contribution >= 4 is 5.97 Å². The molecule has 1 N–H and O–H groups in total. The van der Waals surface area contributed by atoms with E-state index in [0.29, 0.717) is 24.5 Å². The highest BCUT2D eigenvalue weighted by Crippen LogP contribution is 2.26. The minimum Gasteiger partial charge on any atom is -0.492 e. The summed E-state index contributed by atoms with van der Waals surface area (Å²) < 4.78 is 23.8.